The van der Waals surface area contributed by atoms with E-state index >= 15 is 0 Å². The molecule has 0 atom stereocenters. The molecule has 0 saturated carbocycles. The van der Waals surface area contributed by atoms with Gasteiger partial charge in [0.05, 0.1) is 30.8 Å². The van der Waals surface area contributed by atoms with Crippen LogP contribution < -0.4 is 15.4 Å². The maximum absolute atomic E-state index is 13.8. The van der Waals surface area contributed by atoms with Crippen LogP contribution in [0, 0.1) is 17.0 Å². The summed E-state index contributed by atoms with van der Waals surface area (Å²) in [5, 5.41) is 22.5. The maximum atomic E-state index is 13.8. The van der Waals surface area contributed by atoms with Crippen molar-refractivity contribution < 1.29 is 23.4 Å². The molecule has 2 aromatic carbocycles. The lowest BCUT2D eigenvalue weighted by molar-refractivity contribution is -0.115. The number of nitrogens with one attached hydrogen (secondary N) is 3. The van der Waals surface area contributed by atoms with Gasteiger partial charge in [0, 0.05) is 42.8 Å². The fourth-order valence-electron chi connectivity index (χ4n) is 4.39. The van der Waals surface area contributed by atoms with Crippen LogP contribution in [0.4, 0.5) is 26.1 Å². The number of carbonyl (C=O) groups excluding carboxylic acids is 1. The molecule has 4 N–H and O–H groups in total. The predicted octanol–water partition coefficient (Wildman–Crippen LogP) is 4.67. The van der Waals surface area contributed by atoms with Crippen molar-refractivity contribution >= 4 is 34.1 Å². The number of hydrogen-bond acceptors (Lipinski definition) is 8. The Morgan fingerprint density at radius 3 is 2.73 bits per heavy atom. The highest BCUT2D eigenvalue weighted by Gasteiger charge is 2.16. The topological polar surface area (TPSA) is 128 Å². The molecule has 41 heavy (non-hydrogen) atoms. The summed E-state index contributed by atoms with van der Waals surface area (Å²) in [4.78, 5) is 23.2. The van der Waals surface area contributed by atoms with Crippen LogP contribution in [0.25, 0.3) is 10.9 Å². The Kier molecular flexibility index (Phi) is 9.79. The lowest BCUT2D eigenvalue weighted by Gasteiger charge is -2.29. The number of rotatable bonds is 13. The van der Waals surface area contributed by atoms with E-state index in [9.17, 15) is 18.7 Å². The Bertz CT molecular complexity index is 1470. The Balaban J connectivity index is 1.33. The standard InChI is InChI=1S/C29H35F2N7O3/c1-29(2,3)17-38(11-12-39)10-5-13-41-20-8-9-21-24(16-20)32-18-33-28(21)35-25-14-19(36-37-25)15-26(40)34-23-7-4-6-22(30)27(23)31/h4,6-9,14,16,18,39H,5,10-13,15,17H2,1-3H3,(H,34,40)(H2,32,33,35,36,37). The SMILES string of the molecule is CC(C)(C)CN(CCO)CCCOc1ccc2c(Nc3cc(CC(=O)Nc4cccc(F)c4F)[nH]n3)ncnc2c1. The van der Waals surface area contributed by atoms with Crippen molar-refractivity contribution in [3.63, 3.8) is 0 Å². The average Bonchev–Trinajstić information content (AvgIpc) is 3.35. The van der Waals surface area contributed by atoms with Crippen molar-refractivity contribution in [2.75, 3.05) is 43.5 Å². The van der Waals surface area contributed by atoms with E-state index in [1.165, 1.54) is 18.5 Å². The van der Waals surface area contributed by atoms with E-state index in [0.29, 0.717) is 41.7 Å². The summed E-state index contributed by atoms with van der Waals surface area (Å²) in [6.45, 7) is 9.56. The molecule has 0 aliphatic heterocycles. The molecule has 4 aromatic rings. The predicted molar refractivity (Wildman–Crippen MR) is 153 cm³/mol. The first-order chi connectivity index (χ1) is 19.6. The minimum Gasteiger partial charge on any atom is -0.493 e. The van der Waals surface area contributed by atoms with Crippen LogP contribution in [0.2, 0.25) is 0 Å². The van der Waals surface area contributed by atoms with Crippen molar-refractivity contribution in [3.8, 4) is 5.75 Å². The highest BCUT2D eigenvalue weighted by atomic mass is 19.2. The van der Waals surface area contributed by atoms with E-state index in [2.05, 4.69) is 56.5 Å². The van der Waals surface area contributed by atoms with Crippen molar-refractivity contribution in [1.29, 1.82) is 0 Å². The lowest BCUT2D eigenvalue weighted by Crippen LogP contribution is -2.36. The lowest BCUT2D eigenvalue weighted by atomic mass is 9.96. The van der Waals surface area contributed by atoms with E-state index in [0.717, 1.165) is 31.0 Å². The van der Waals surface area contributed by atoms with E-state index < -0.39 is 17.5 Å². The number of hydrogen-bond donors (Lipinski definition) is 4. The Morgan fingerprint density at radius 2 is 1.95 bits per heavy atom. The number of halogens is 2. The highest BCUT2D eigenvalue weighted by molar-refractivity contribution is 5.93. The molecule has 0 aliphatic carbocycles. The smallest absolute Gasteiger partial charge is 0.230 e. The number of amides is 1. The number of aliphatic hydroxyl groups excluding tert-OH is 1. The third-order valence-corrected chi connectivity index (χ3v) is 6.06. The fraction of sp³-hybridized carbons (Fsp3) is 0.379. The van der Waals surface area contributed by atoms with E-state index in [4.69, 9.17) is 4.74 Å². The molecule has 0 bridgehead atoms. The summed E-state index contributed by atoms with van der Waals surface area (Å²) in [5.74, 6) is -1.04. The monoisotopic (exact) mass is 567 g/mol. The second kappa shape index (κ2) is 13.5. The van der Waals surface area contributed by atoms with Crippen molar-refractivity contribution in [3.05, 3.63) is 66.1 Å². The second-order valence-electron chi connectivity index (χ2n) is 10.9. The quantitative estimate of drug-likeness (QED) is 0.172. The number of aliphatic hydroxyl groups is 1. The number of aromatic amines is 1. The minimum absolute atomic E-state index is 0.121. The molecular weight excluding hydrogens is 532 g/mol. The molecule has 2 heterocycles. The molecule has 1 amide bonds. The van der Waals surface area contributed by atoms with Crippen LogP contribution in [-0.2, 0) is 11.2 Å². The van der Waals surface area contributed by atoms with Gasteiger partial charge in [-0.1, -0.05) is 26.8 Å². The normalized spacial score (nSPS) is 11.7. The minimum atomic E-state index is -1.11. The van der Waals surface area contributed by atoms with Gasteiger partial charge in [0.1, 0.15) is 17.9 Å². The largest absolute Gasteiger partial charge is 0.493 e. The van der Waals surface area contributed by atoms with Crippen LogP contribution in [0.5, 0.6) is 5.75 Å². The molecule has 10 nitrogen and oxygen atoms in total. The second-order valence-corrected chi connectivity index (χ2v) is 10.9. The average molecular weight is 568 g/mol. The van der Waals surface area contributed by atoms with Gasteiger partial charge >= 0.3 is 0 Å². The summed E-state index contributed by atoms with van der Waals surface area (Å²) in [7, 11) is 0. The molecule has 0 saturated heterocycles. The zero-order valence-electron chi connectivity index (χ0n) is 23.4. The van der Waals surface area contributed by atoms with Gasteiger partial charge in [-0.3, -0.25) is 9.89 Å². The molecule has 0 fully saturated rings. The van der Waals surface area contributed by atoms with Gasteiger partial charge in [0.2, 0.25) is 5.91 Å². The van der Waals surface area contributed by atoms with Crippen LogP contribution in [0.1, 0.15) is 32.9 Å². The first-order valence-corrected chi connectivity index (χ1v) is 13.4. The van der Waals surface area contributed by atoms with Gasteiger partial charge in [-0.25, -0.2) is 18.7 Å². The van der Waals surface area contributed by atoms with Crippen LogP contribution in [0.15, 0.2) is 48.8 Å². The van der Waals surface area contributed by atoms with Gasteiger partial charge in [-0.05, 0) is 36.1 Å². The molecule has 0 aliphatic rings. The van der Waals surface area contributed by atoms with E-state index in [-0.39, 0.29) is 24.1 Å². The number of benzene rings is 2. The first-order valence-electron chi connectivity index (χ1n) is 13.4. The third kappa shape index (κ3) is 8.66. The van der Waals surface area contributed by atoms with Gasteiger partial charge in [0.15, 0.2) is 17.5 Å². The summed E-state index contributed by atoms with van der Waals surface area (Å²) in [5.41, 5.74) is 1.07. The molecule has 2 aromatic heterocycles. The van der Waals surface area contributed by atoms with Crippen LogP contribution in [-0.4, -0.2) is 68.9 Å². The first kappa shape index (κ1) is 29.8. The Labute approximate surface area is 237 Å². The van der Waals surface area contributed by atoms with Gasteiger partial charge in [-0.15, -0.1) is 0 Å². The summed E-state index contributed by atoms with van der Waals surface area (Å²) in [6.07, 6.45) is 2.13. The highest BCUT2D eigenvalue weighted by Crippen LogP contribution is 2.26. The van der Waals surface area contributed by atoms with Crippen LogP contribution in [0.3, 0.4) is 0 Å². The number of aromatic nitrogens is 4. The zero-order valence-corrected chi connectivity index (χ0v) is 23.4. The van der Waals surface area contributed by atoms with E-state index in [1.807, 2.05) is 18.2 Å². The van der Waals surface area contributed by atoms with Crippen LogP contribution >= 0.6 is 0 Å². The number of nitrogens with zero attached hydrogens (tertiary/aromatic N) is 4. The summed E-state index contributed by atoms with van der Waals surface area (Å²) >= 11 is 0. The molecule has 0 radical (unpaired) electrons. The Morgan fingerprint density at radius 1 is 1.12 bits per heavy atom. The van der Waals surface area contributed by atoms with Crippen molar-refractivity contribution in [2.45, 2.75) is 33.6 Å². The van der Waals surface area contributed by atoms with Gasteiger partial charge in [0.25, 0.3) is 0 Å². The molecule has 4 rings (SSSR count). The number of fused-ring (bicyclic) bond motifs is 1. The molecule has 0 unspecified atom stereocenters. The maximum Gasteiger partial charge on any atom is 0.230 e. The van der Waals surface area contributed by atoms with Gasteiger partial charge < -0.3 is 25.4 Å². The molecular formula is C29H35F2N7O3. The zero-order chi connectivity index (χ0) is 29.4. The molecule has 0 spiro atoms. The van der Waals surface area contributed by atoms with Crippen molar-refractivity contribution in [1.82, 2.24) is 25.1 Å². The molecule has 12 heteroatoms. The molecule has 218 valence electrons. The number of ether oxygens (including phenoxy) is 1. The third-order valence-electron chi connectivity index (χ3n) is 6.06. The Hall–Kier alpha value is -4.16. The number of H-pyrrole nitrogens is 1. The number of anilines is 3. The van der Waals surface area contributed by atoms with E-state index in [1.54, 1.807) is 6.07 Å². The van der Waals surface area contributed by atoms with Crippen molar-refractivity contribution in [2.24, 2.45) is 5.41 Å². The summed E-state index contributed by atoms with van der Waals surface area (Å²) < 4.78 is 33.2. The summed E-state index contributed by atoms with van der Waals surface area (Å²) in [6, 6.07) is 10.8. The van der Waals surface area contributed by atoms with Gasteiger partial charge in [-0.2, -0.15) is 5.10 Å². The number of carbonyl (C=O) groups is 1. The fourth-order valence-corrected chi connectivity index (χ4v) is 4.39.